The second-order valence-electron chi connectivity index (χ2n) is 5.68. The van der Waals surface area contributed by atoms with Crippen molar-refractivity contribution >= 4 is 53.5 Å². The minimum absolute atomic E-state index is 0.325. The SMILES string of the molecule is O=C1c2ccccc2C(=O)c2c1c(Cl)c(S(=O)(=O)O)c(S(=O)(=O)O)c2S(=O)(=O)O. The van der Waals surface area contributed by atoms with Gasteiger partial charge in [-0.2, -0.15) is 25.3 Å². The molecule has 0 saturated carbocycles. The maximum atomic E-state index is 12.8. The molecule has 1 aliphatic rings. The van der Waals surface area contributed by atoms with Crippen LogP contribution in [0.5, 0.6) is 0 Å². The summed E-state index contributed by atoms with van der Waals surface area (Å²) < 4.78 is 99.3. The number of hydrogen-bond acceptors (Lipinski definition) is 8. The number of carbonyl (C=O) groups excluding carboxylic acids is 2. The van der Waals surface area contributed by atoms with Gasteiger partial charge in [-0.1, -0.05) is 35.9 Å². The first kappa shape index (κ1) is 21.5. The monoisotopic (exact) mass is 482 g/mol. The average molecular weight is 483 g/mol. The Morgan fingerprint density at radius 1 is 0.621 bits per heavy atom. The van der Waals surface area contributed by atoms with Crippen molar-refractivity contribution in [3.63, 3.8) is 0 Å². The fraction of sp³-hybridized carbons (Fsp3) is 0. The van der Waals surface area contributed by atoms with Gasteiger partial charge < -0.3 is 0 Å². The largest absolute Gasteiger partial charge is 0.297 e. The van der Waals surface area contributed by atoms with E-state index in [1.54, 1.807) is 0 Å². The van der Waals surface area contributed by atoms with Crippen molar-refractivity contribution in [2.24, 2.45) is 0 Å². The van der Waals surface area contributed by atoms with E-state index in [1.807, 2.05) is 0 Å². The van der Waals surface area contributed by atoms with Crippen LogP contribution in [0.25, 0.3) is 0 Å². The van der Waals surface area contributed by atoms with Crippen molar-refractivity contribution in [1.82, 2.24) is 0 Å². The van der Waals surface area contributed by atoms with Crippen molar-refractivity contribution in [3.05, 3.63) is 51.5 Å². The minimum atomic E-state index is -5.83. The predicted octanol–water partition coefficient (Wildman–Crippen LogP) is 0.856. The van der Waals surface area contributed by atoms with Crippen LogP contribution in [-0.4, -0.2) is 50.5 Å². The molecule has 0 atom stereocenters. The molecule has 0 aromatic heterocycles. The van der Waals surface area contributed by atoms with Gasteiger partial charge in [-0.3, -0.25) is 23.2 Å². The van der Waals surface area contributed by atoms with E-state index in [0.29, 0.717) is 0 Å². The maximum absolute atomic E-state index is 12.8. The molecule has 0 saturated heterocycles. The molecule has 3 rings (SSSR count). The predicted molar refractivity (Wildman–Crippen MR) is 94.2 cm³/mol. The van der Waals surface area contributed by atoms with Crippen LogP contribution in [0.4, 0.5) is 0 Å². The number of ketones is 2. The highest BCUT2D eigenvalue weighted by Crippen LogP contribution is 2.44. The zero-order chi connectivity index (χ0) is 22.1. The molecule has 15 heteroatoms. The molecule has 0 fully saturated rings. The van der Waals surface area contributed by atoms with E-state index < -0.39 is 78.3 Å². The summed E-state index contributed by atoms with van der Waals surface area (Å²) in [6.07, 6.45) is 0. The van der Waals surface area contributed by atoms with Crippen LogP contribution in [0, 0.1) is 0 Å². The van der Waals surface area contributed by atoms with E-state index >= 15 is 0 Å². The van der Waals surface area contributed by atoms with E-state index in [0.717, 1.165) is 12.1 Å². The van der Waals surface area contributed by atoms with E-state index in [1.165, 1.54) is 12.1 Å². The Morgan fingerprint density at radius 2 is 1.00 bits per heavy atom. The highest BCUT2D eigenvalue weighted by atomic mass is 35.5. The fourth-order valence-corrected chi connectivity index (χ4v) is 7.02. The van der Waals surface area contributed by atoms with E-state index in [9.17, 15) is 48.5 Å². The molecule has 2 aromatic carbocycles. The Bertz CT molecular complexity index is 1450. The van der Waals surface area contributed by atoms with E-state index in [-0.39, 0.29) is 5.56 Å². The lowest BCUT2D eigenvalue weighted by molar-refractivity contribution is 0.0975. The van der Waals surface area contributed by atoms with Crippen LogP contribution in [0.2, 0.25) is 5.02 Å². The Hall–Kier alpha value is -2.20. The minimum Gasteiger partial charge on any atom is -0.289 e. The lowest BCUT2D eigenvalue weighted by Gasteiger charge is -2.23. The molecular weight excluding hydrogens is 476 g/mol. The Kier molecular flexibility index (Phi) is 4.75. The first-order chi connectivity index (χ1) is 13.1. The molecule has 11 nitrogen and oxygen atoms in total. The summed E-state index contributed by atoms with van der Waals surface area (Å²) in [4.78, 5) is 19.8. The van der Waals surface area contributed by atoms with E-state index in [4.69, 9.17) is 11.6 Å². The van der Waals surface area contributed by atoms with Gasteiger partial charge in [-0.15, -0.1) is 0 Å². The van der Waals surface area contributed by atoms with Gasteiger partial charge in [0, 0.05) is 11.1 Å². The smallest absolute Gasteiger partial charge is 0.289 e. The summed E-state index contributed by atoms with van der Waals surface area (Å²) in [5, 5.41) is -1.32. The molecule has 0 spiro atoms. The molecule has 154 valence electrons. The van der Waals surface area contributed by atoms with Crippen LogP contribution in [-0.2, 0) is 30.4 Å². The highest BCUT2D eigenvalue weighted by molar-refractivity contribution is 7.90. The number of benzene rings is 2. The van der Waals surface area contributed by atoms with Gasteiger partial charge in [0.05, 0.1) is 16.1 Å². The van der Waals surface area contributed by atoms with Crippen molar-refractivity contribution in [1.29, 1.82) is 0 Å². The number of halogens is 1. The van der Waals surface area contributed by atoms with Gasteiger partial charge >= 0.3 is 0 Å². The molecule has 0 bridgehead atoms. The topological polar surface area (TPSA) is 197 Å². The Balaban J connectivity index is 2.77. The summed E-state index contributed by atoms with van der Waals surface area (Å²) in [5.41, 5.74) is -3.06. The van der Waals surface area contributed by atoms with Gasteiger partial charge in [0.2, 0.25) is 0 Å². The first-order valence-corrected chi connectivity index (χ1v) is 11.8. The Labute approximate surface area is 168 Å². The fourth-order valence-electron chi connectivity index (χ4n) is 2.94. The molecule has 0 amide bonds. The molecular formula is C14H7ClO11S3. The second-order valence-corrected chi connectivity index (χ2v) is 10.1. The zero-order valence-corrected chi connectivity index (χ0v) is 16.7. The molecule has 0 unspecified atom stereocenters. The summed E-state index contributed by atoms with van der Waals surface area (Å²) in [5.74, 6) is -2.48. The third-order valence-electron chi connectivity index (χ3n) is 3.95. The lowest BCUT2D eigenvalue weighted by Crippen LogP contribution is -2.28. The lowest BCUT2D eigenvalue weighted by atomic mass is 9.84. The number of hydrogen-bond donors (Lipinski definition) is 3. The average Bonchev–Trinajstić information content (AvgIpc) is 2.55. The standard InChI is InChI=1S/C14H7ClO11S3/c15-9-7-8(11(17)6-4-2-1-3-5(6)10(7)16)12(27(18,19)20)14(29(24,25)26)13(9)28(21,22)23/h1-4H,(H,18,19,20)(H,21,22,23)(H,24,25,26). The first-order valence-electron chi connectivity index (χ1n) is 7.08. The summed E-state index contributed by atoms with van der Waals surface area (Å²) in [6.45, 7) is 0. The van der Waals surface area contributed by atoms with Crippen molar-refractivity contribution < 1.29 is 48.5 Å². The molecule has 2 aromatic rings. The molecule has 0 radical (unpaired) electrons. The van der Waals surface area contributed by atoms with Crippen molar-refractivity contribution in [2.75, 3.05) is 0 Å². The highest BCUT2D eigenvalue weighted by Gasteiger charge is 2.45. The third-order valence-corrected chi connectivity index (χ3v) is 7.47. The number of fused-ring (bicyclic) bond motifs is 2. The summed E-state index contributed by atoms with van der Waals surface area (Å²) in [6, 6.07) is 4.83. The van der Waals surface area contributed by atoms with Gasteiger partial charge in [0.1, 0.15) is 14.7 Å². The third kappa shape index (κ3) is 3.28. The molecule has 0 heterocycles. The quantitative estimate of drug-likeness (QED) is 0.447. The zero-order valence-electron chi connectivity index (χ0n) is 13.5. The van der Waals surface area contributed by atoms with Crippen LogP contribution in [0.3, 0.4) is 0 Å². The van der Waals surface area contributed by atoms with Crippen LogP contribution < -0.4 is 0 Å². The summed E-state index contributed by atoms with van der Waals surface area (Å²) in [7, 11) is -17.3. The molecule has 29 heavy (non-hydrogen) atoms. The van der Waals surface area contributed by atoms with Crippen molar-refractivity contribution in [3.8, 4) is 0 Å². The Morgan fingerprint density at radius 3 is 1.38 bits per heavy atom. The molecule has 0 aliphatic heterocycles. The van der Waals surface area contributed by atoms with Crippen LogP contribution >= 0.6 is 11.6 Å². The van der Waals surface area contributed by atoms with Crippen LogP contribution in [0.1, 0.15) is 31.8 Å². The number of carbonyl (C=O) groups is 2. The second kappa shape index (κ2) is 6.40. The van der Waals surface area contributed by atoms with Crippen LogP contribution in [0.15, 0.2) is 39.0 Å². The van der Waals surface area contributed by atoms with Gasteiger partial charge in [0.15, 0.2) is 11.6 Å². The number of rotatable bonds is 3. The van der Waals surface area contributed by atoms with E-state index in [2.05, 4.69) is 0 Å². The summed E-state index contributed by atoms with van der Waals surface area (Å²) >= 11 is 5.81. The van der Waals surface area contributed by atoms with Gasteiger partial charge in [-0.25, -0.2) is 0 Å². The van der Waals surface area contributed by atoms with Crippen molar-refractivity contribution in [2.45, 2.75) is 14.7 Å². The molecule has 1 aliphatic carbocycles. The molecule has 3 N–H and O–H groups in total. The van der Waals surface area contributed by atoms with Gasteiger partial charge in [-0.05, 0) is 0 Å². The van der Waals surface area contributed by atoms with Gasteiger partial charge in [0.25, 0.3) is 30.4 Å². The normalized spacial score (nSPS) is 14.5. The maximum Gasteiger partial charge on any atom is 0.297 e.